The number of benzene rings is 1. The van der Waals surface area contributed by atoms with Gasteiger partial charge in [-0.05, 0) is 37.3 Å². The number of oxazole rings is 1. The van der Waals surface area contributed by atoms with Crippen molar-refractivity contribution in [1.29, 1.82) is 5.26 Å². The van der Waals surface area contributed by atoms with Crippen LogP contribution in [0.25, 0.3) is 17.0 Å². The fraction of sp³-hybridized carbons (Fsp3) is 0.0556. The number of fused-ring (bicyclic) bond motifs is 1. The van der Waals surface area contributed by atoms with Gasteiger partial charge in [0.1, 0.15) is 23.0 Å². The molecule has 0 aliphatic heterocycles. The molecule has 0 saturated heterocycles. The average molecular weight is 348 g/mol. The Labute approximate surface area is 146 Å². The molecule has 3 aromatic heterocycles. The van der Waals surface area contributed by atoms with Crippen LogP contribution in [0.1, 0.15) is 21.7 Å². The maximum atomic E-state index is 12.7. The van der Waals surface area contributed by atoms with Crippen molar-refractivity contribution in [2.24, 2.45) is 0 Å². The first-order valence-corrected chi connectivity index (χ1v) is 7.68. The van der Waals surface area contributed by atoms with E-state index in [1.54, 1.807) is 54.2 Å². The highest BCUT2D eigenvalue weighted by Gasteiger charge is 2.24. The van der Waals surface area contributed by atoms with Gasteiger partial charge in [-0.2, -0.15) is 5.26 Å². The van der Waals surface area contributed by atoms with Crippen molar-refractivity contribution in [3.05, 3.63) is 70.2 Å². The molecule has 128 valence electrons. The molecule has 0 aliphatic rings. The Kier molecular flexibility index (Phi) is 3.48. The van der Waals surface area contributed by atoms with Gasteiger partial charge in [-0.25, -0.2) is 4.79 Å². The summed E-state index contributed by atoms with van der Waals surface area (Å²) in [5.74, 6) is -0.431. The largest absolute Gasteiger partial charge is 0.443 e. The molecule has 0 bridgehead atoms. The first kappa shape index (κ1) is 15.5. The number of aromatic amines is 1. The van der Waals surface area contributed by atoms with Crippen LogP contribution in [0.4, 0.5) is 5.69 Å². The lowest BCUT2D eigenvalue weighted by atomic mass is 10.1. The molecule has 0 saturated carbocycles. The molecule has 0 spiro atoms. The van der Waals surface area contributed by atoms with Crippen molar-refractivity contribution in [3.8, 4) is 12.0 Å². The molecule has 2 N–H and O–H groups in total. The SMILES string of the molecule is Cc1oc(-n2cccc2)c(C#N)c1C(=O)Nc1ccc2oc(=O)[nH]c2c1. The van der Waals surface area contributed by atoms with Crippen LogP contribution in [0.15, 0.2) is 56.4 Å². The minimum atomic E-state index is -0.572. The maximum Gasteiger partial charge on any atom is 0.417 e. The van der Waals surface area contributed by atoms with Gasteiger partial charge in [0.15, 0.2) is 5.58 Å². The number of aryl methyl sites for hydroxylation is 1. The van der Waals surface area contributed by atoms with E-state index in [0.29, 0.717) is 22.5 Å². The van der Waals surface area contributed by atoms with Crippen LogP contribution in [0.5, 0.6) is 0 Å². The van der Waals surface area contributed by atoms with Crippen LogP contribution >= 0.6 is 0 Å². The molecule has 26 heavy (non-hydrogen) atoms. The number of furan rings is 1. The van der Waals surface area contributed by atoms with Crippen LogP contribution < -0.4 is 11.1 Å². The Bertz CT molecular complexity index is 1220. The molecule has 8 nitrogen and oxygen atoms in total. The highest BCUT2D eigenvalue weighted by Crippen LogP contribution is 2.26. The minimum Gasteiger partial charge on any atom is -0.443 e. The average Bonchev–Trinajstić information content (AvgIpc) is 3.31. The molecule has 0 fully saturated rings. The summed E-state index contributed by atoms with van der Waals surface area (Å²) in [6.07, 6.45) is 3.45. The molecule has 1 amide bonds. The molecule has 1 aromatic carbocycles. The number of nitrogens with one attached hydrogen (secondary N) is 2. The fourth-order valence-electron chi connectivity index (χ4n) is 2.78. The van der Waals surface area contributed by atoms with Crippen LogP contribution in [0.3, 0.4) is 0 Å². The van der Waals surface area contributed by atoms with Crippen molar-refractivity contribution in [3.63, 3.8) is 0 Å². The molecule has 0 unspecified atom stereocenters. The highest BCUT2D eigenvalue weighted by molar-refractivity contribution is 6.07. The first-order chi connectivity index (χ1) is 12.6. The number of H-pyrrole nitrogens is 1. The number of hydrogen-bond donors (Lipinski definition) is 2. The van der Waals surface area contributed by atoms with Crippen molar-refractivity contribution in [2.75, 3.05) is 5.32 Å². The summed E-state index contributed by atoms with van der Waals surface area (Å²) in [5.41, 5.74) is 1.61. The van der Waals surface area contributed by atoms with E-state index in [0.717, 1.165) is 0 Å². The van der Waals surface area contributed by atoms with Gasteiger partial charge in [-0.15, -0.1) is 0 Å². The summed E-state index contributed by atoms with van der Waals surface area (Å²) in [4.78, 5) is 26.5. The minimum absolute atomic E-state index is 0.147. The number of rotatable bonds is 3. The topological polar surface area (TPSA) is 117 Å². The lowest BCUT2D eigenvalue weighted by molar-refractivity contribution is 0.102. The number of aromatic nitrogens is 2. The van der Waals surface area contributed by atoms with Gasteiger partial charge in [0.2, 0.25) is 5.88 Å². The lowest BCUT2D eigenvalue weighted by Crippen LogP contribution is -2.14. The predicted octanol–water partition coefficient (Wildman–Crippen LogP) is 2.94. The molecular weight excluding hydrogens is 336 g/mol. The van der Waals surface area contributed by atoms with E-state index >= 15 is 0 Å². The predicted molar refractivity (Wildman–Crippen MR) is 92.3 cm³/mol. The van der Waals surface area contributed by atoms with Gasteiger partial charge < -0.3 is 14.2 Å². The number of hydrogen-bond acceptors (Lipinski definition) is 5. The second kappa shape index (κ2) is 5.82. The molecule has 4 aromatic rings. The molecular formula is C18H12N4O4. The van der Waals surface area contributed by atoms with E-state index in [1.807, 2.05) is 6.07 Å². The Balaban J connectivity index is 1.71. The number of anilines is 1. The van der Waals surface area contributed by atoms with Crippen LogP contribution in [0, 0.1) is 18.3 Å². The molecule has 8 heteroatoms. The fourth-order valence-corrected chi connectivity index (χ4v) is 2.78. The standard InChI is InChI=1S/C18H12N4O4/c1-10-15(12(9-19)17(25-10)22-6-2-3-7-22)16(23)20-11-4-5-14-13(8-11)21-18(24)26-14/h2-8H,1H3,(H,20,23)(H,21,24). The summed E-state index contributed by atoms with van der Waals surface area (Å²) in [6.45, 7) is 1.62. The first-order valence-electron chi connectivity index (χ1n) is 7.68. The van der Waals surface area contributed by atoms with Gasteiger partial charge >= 0.3 is 5.76 Å². The van der Waals surface area contributed by atoms with Crippen LogP contribution in [-0.4, -0.2) is 15.5 Å². The van der Waals surface area contributed by atoms with Crippen molar-refractivity contribution < 1.29 is 13.6 Å². The van der Waals surface area contributed by atoms with Gasteiger partial charge in [-0.3, -0.25) is 14.3 Å². The number of carbonyl (C=O) groups excluding carboxylic acids is 1. The zero-order chi connectivity index (χ0) is 18.3. The highest BCUT2D eigenvalue weighted by atomic mass is 16.4. The summed E-state index contributed by atoms with van der Waals surface area (Å²) in [5, 5.41) is 12.2. The third kappa shape index (κ3) is 2.48. The van der Waals surface area contributed by atoms with Gasteiger partial charge in [-0.1, -0.05) is 0 Å². The smallest absolute Gasteiger partial charge is 0.417 e. The summed E-state index contributed by atoms with van der Waals surface area (Å²) >= 11 is 0. The van der Waals surface area contributed by atoms with E-state index in [4.69, 9.17) is 8.83 Å². The van der Waals surface area contributed by atoms with Gasteiger partial charge in [0, 0.05) is 18.1 Å². The van der Waals surface area contributed by atoms with Crippen LogP contribution in [0.2, 0.25) is 0 Å². The zero-order valence-electron chi connectivity index (χ0n) is 13.6. The van der Waals surface area contributed by atoms with Crippen molar-refractivity contribution in [2.45, 2.75) is 6.92 Å². The van der Waals surface area contributed by atoms with Gasteiger partial charge in [0.05, 0.1) is 5.52 Å². The number of carbonyl (C=O) groups is 1. The second-order valence-corrected chi connectivity index (χ2v) is 5.60. The monoisotopic (exact) mass is 348 g/mol. The Morgan fingerprint density at radius 1 is 1.27 bits per heavy atom. The normalized spacial score (nSPS) is 10.8. The maximum absolute atomic E-state index is 12.7. The van der Waals surface area contributed by atoms with Gasteiger partial charge in [0.25, 0.3) is 5.91 Å². The summed E-state index contributed by atoms with van der Waals surface area (Å²) in [7, 11) is 0. The molecule has 4 rings (SSSR count). The lowest BCUT2D eigenvalue weighted by Gasteiger charge is -2.04. The molecule has 0 radical (unpaired) electrons. The second-order valence-electron chi connectivity index (χ2n) is 5.60. The van der Waals surface area contributed by atoms with E-state index in [1.165, 1.54) is 0 Å². The quantitative estimate of drug-likeness (QED) is 0.590. The number of amides is 1. The summed E-state index contributed by atoms with van der Waals surface area (Å²) < 4.78 is 12.2. The van der Waals surface area contributed by atoms with E-state index < -0.39 is 11.7 Å². The van der Waals surface area contributed by atoms with E-state index in [9.17, 15) is 14.9 Å². The van der Waals surface area contributed by atoms with E-state index in [-0.39, 0.29) is 17.0 Å². The Hall–Kier alpha value is -3.99. The van der Waals surface area contributed by atoms with Crippen molar-refractivity contribution in [1.82, 2.24) is 9.55 Å². The van der Waals surface area contributed by atoms with Crippen molar-refractivity contribution >= 4 is 22.7 Å². The third-order valence-corrected chi connectivity index (χ3v) is 3.92. The molecule has 0 aliphatic carbocycles. The Morgan fingerprint density at radius 2 is 2.04 bits per heavy atom. The van der Waals surface area contributed by atoms with Crippen LogP contribution in [-0.2, 0) is 0 Å². The molecule has 3 heterocycles. The zero-order valence-corrected chi connectivity index (χ0v) is 13.6. The molecule has 0 atom stereocenters. The number of nitriles is 1. The third-order valence-electron chi connectivity index (χ3n) is 3.92. The van der Waals surface area contributed by atoms with E-state index in [2.05, 4.69) is 10.3 Å². The number of nitrogens with zero attached hydrogens (tertiary/aromatic N) is 2. The summed E-state index contributed by atoms with van der Waals surface area (Å²) in [6, 6.07) is 10.4. The Morgan fingerprint density at radius 3 is 2.77 bits per heavy atom.